The number of nitro groups is 1. The third-order valence-electron chi connectivity index (χ3n) is 2.69. The van der Waals surface area contributed by atoms with Crippen molar-refractivity contribution in [3.05, 3.63) is 38.3 Å². The Kier molecular flexibility index (Phi) is 5.15. The number of nitriles is 2. The summed E-state index contributed by atoms with van der Waals surface area (Å²) in [5.74, 6) is -0.489. The smallest absolute Gasteiger partial charge is 0.287 e. The van der Waals surface area contributed by atoms with Gasteiger partial charge in [-0.15, -0.1) is 0 Å². The molecule has 0 aliphatic carbocycles. The van der Waals surface area contributed by atoms with E-state index in [1.54, 1.807) is 6.07 Å². The zero-order valence-corrected chi connectivity index (χ0v) is 11.1. The minimum Gasteiger partial charge on any atom is -0.343 e. The van der Waals surface area contributed by atoms with Crippen molar-refractivity contribution in [3.63, 3.8) is 0 Å². The van der Waals surface area contributed by atoms with Gasteiger partial charge in [-0.25, -0.2) is 0 Å². The van der Waals surface area contributed by atoms with E-state index in [1.165, 1.54) is 11.9 Å². The molecule has 0 unspecified atom stereocenters. The molecule has 0 fully saturated rings. The molecule has 1 rings (SSSR count). The Morgan fingerprint density at radius 3 is 2.71 bits per heavy atom. The SMILES string of the molecule is CN(CCC#N)C(=O)Cn1cc([N+](=O)[O-])cc(C#N)c1=O. The van der Waals surface area contributed by atoms with Crippen molar-refractivity contribution >= 4 is 11.6 Å². The number of aromatic nitrogens is 1. The highest BCUT2D eigenvalue weighted by Crippen LogP contribution is 2.09. The zero-order chi connectivity index (χ0) is 16.0. The van der Waals surface area contributed by atoms with Crippen LogP contribution in [0, 0.1) is 32.8 Å². The summed E-state index contributed by atoms with van der Waals surface area (Å²) in [5.41, 5.74) is -1.62. The van der Waals surface area contributed by atoms with Crippen molar-refractivity contribution in [3.8, 4) is 12.1 Å². The van der Waals surface area contributed by atoms with Crippen LogP contribution >= 0.6 is 0 Å². The second-order valence-electron chi connectivity index (χ2n) is 4.14. The molecule has 108 valence electrons. The first-order valence-corrected chi connectivity index (χ1v) is 5.80. The number of amides is 1. The lowest BCUT2D eigenvalue weighted by Crippen LogP contribution is -2.35. The monoisotopic (exact) mass is 289 g/mol. The molecule has 0 spiro atoms. The maximum Gasteiger partial charge on any atom is 0.287 e. The minimum absolute atomic E-state index is 0.134. The van der Waals surface area contributed by atoms with E-state index in [2.05, 4.69) is 0 Å². The van der Waals surface area contributed by atoms with Crippen LogP contribution in [0.15, 0.2) is 17.1 Å². The second kappa shape index (κ2) is 6.82. The molecule has 0 atom stereocenters. The highest BCUT2D eigenvalue weighted by molar-refractivity contribution is 5.75. The van der Waals surface area contributed by atoms with Gasteiger partial charge in [0.2, 0.25) is 5.91 Å². The van der Waals surface area contributed by atoms with Crippen LogP contribution in [0.1, 0.15) is 12.0 Å². The number of likely N-dealkylation sites (N-methyl/N-ethyl adjacent to an activating group) is 1. The summed E-state index contributed by atoms with van der Waals surface area (Å²) < 4.78 is 0.821. The van der Waals surface area contributed by atoms with E-state index in [0.29, 0.717) is 0 Å². The molecule has 9 nitrogen and oxygen atoms in total. The number of pyridine rings is 1. The highest BCUT2D eigenvalue weighted by atomic mass is 16.6. The normalized spacial score (nSPS) is 9.48. The minimum atomic E-state index is -0.773. The first-order valence-electron chi connectivity index (χ1n) is 5.80. The van der Waals surface area contributed by atoms with Crippen molar-refractivity contribution < 1.29 is 9.72 Å². The predicted molar refractivity (Wildman–Crippen MR) is 69.9 cm³/mol. The predicted octanol–water partition coefficient (Wildman–Crippen LogP) is 0.000260. The van der Waals surface area contributed by atoms with Crippen LogP contribution in [0.2, 0.25) is 0 Å². The van der Waals surface area contributed by atoms with Crippen LogP contribution in [0.3, 0.4) is 0 Å². The van der Waals surface area contributed by atoms with Crippen LogP contribution in [0.25, 0.3) is 0 Å². The number of hydrogen-bond acceptors (Lipinski definition) is 6. The fourth-order valence-corrected chi connectivity index (χ4v) is 1.53. The van der Waals surface area contributed by atoms with Crippen LogP contribution in [0.5, 0.6) is 0 Å². The second-order valence-corrected chi connectivity index (χ2v) is 4.14. The van der Waals surface area contributed by atoms with Gasteiger partial charge in [-0.3, -0.25) is 24.3 Å². The van der Waals surface area contributed by atoms with Crippen LogP contribution in [0.4, 0.5) is 5.69 Å². The maximum absolute atomic E-state index is 11.9. The molecule has 0 radical (unpaired) electrons. The lowest BCUT2D eigenvalue weighted by atomic mass is 10.2. The molecule has 0 bridgehead atoms. The number of hydrogen-bond donors (Lipinski definition) is 0. The van der Waals surface area contributed by atoms with Gasteiger partial charge >= 0.3 is 0 Å². The third kappa shape index (κ3) is 3.88. The summed E-state index contributed by atoms with van der Waals surface area (Å²) in [5, 5.41) is 28.0. The lowest BCUT2D eigenvalue weighted by Gasteiger charge is -2.16. The van der Waals surface area contributed by atoms with E-state index in [-0.39, 0.29) is 13.0 Å². The van der Waals surface area contributed by atoms with Gasteiger partial charge in [0.15, 0.2) is 0 Å². The molecule has 1 amide bonds. The fourth-order valence-electron chi connectivity index (χ4n) is 1.53. The van der Waals surface area contributed by atoms with Gasteiger partial charge in [0.25, 0.3) is 11.2 Å². The van der Waals surface area contributed by atoms with E-state index >= 15 is 0 Å². The largest absolute Gasteiger partial charge is 0.343 e. The van der Waals surface area contributed by atoms with Gasteiger partial charge < -0.3 is 4.90 Å². The van der Waals surface area contributed by atoms with Crippen molar-refractivity contribution in [1.82, 2.24) is 9.47 Å². The molecular formula is C12H11N5O4. The quantitative estimate of drug-likeness (QED) is 0.553. The highest BCUT2D eigenvalue weighted by Gasteiger charge is 2.17. The maximum atomic E-state index is 11.9. The molecule has 0 N–H and O–H groups in total. The molecular weight excluding hydrogens is 278 g/mol. The Morgan fingerprint density at radius 2 is 2.19 bits per heavy atom. The van der Waals surface area contributed by atoms with Crippen molar-refractivity contribution in [2.75, 3.05) is 13.6 Å². The Balaban J connectivity index is 3.09. The summed E-state index contributed by atoms with van der Waals surface area (Å²) in [6.45, 7) is -0.249. The van der Waals surface area contributed by atoms with E-state index in [4.69, 9.17) is 10.5 Å². The van der Waals surface area contributed by atoms with Crippen LogP contribution in [-0.4, -0.2) is 33.9 Å². The molecule has 21 heavy (non-hydrogen) atoms. The third-order valence-corrected chi connectivity index (χ3v) is 2.69. The molecule has 0 saturated carbocycles. The molecule has 1 aromatic rings. The Morgan fingerprint density at radius 1 is 1.52 bits per heavy atom. The van der Waals surface area contributed by atoms with E-state index in [0.717, 1.165) is 16.8 Å². The van der Waals surface area contributed by atoms with E-state index in [9.17, 15) is 19.7 Å². The average molecular weight is 289 g/mol. The van der Waals surface area contributed by atoms with Crippen LogP contribution in [-0.2, 0) is 11.3 Å². The molecule has 1 heterocycles. The standard InChI is InChI=1S/C12H11N5O4/c1-15(4-2-3-13)11(18)8-16-7-10(17(20)21)5-9(6-14)12(16)19/h5,7H,2,4,8H2,1H3. The van der Waals surface area contributed by atoms with Gasteiger partial charge in [0, 0.05) is 19.7 Å². The zero-order valence-electron chi connectivity index (χ0n) is 11.1. The lowest BCUT2D eigenvalue weighted by molar-refractivity contribution is -0.385. The summed E-state index contributed by atoms with van der Waals surface area (Å²) in [7, 11) is 1.45. The molecule has 1 aromatic heterocycles. The average Bonchev–Trinajstić information content (AvgIpc) is 2.46. The first kappa shape index (κ1) is 15.9. The van der Waals surface area contributed by atoms with Gasteiger partial charge in [-0.2, -0.15) is 10.5 Å². The van der Waals surface area contributed by atoms with Gasteiger partial charge in [-0.05, 0) is 0 Å². The summed E-state index contributed by atoms with van der Waals surface area (Å²) >= 11 is 0. The number of nitrogens with zero attached hydrogens (tertiary/aromatic N) is 5. The van der Waals surface area contributed by atoms with Crippen molar-refractivity contribution in [1.29, 1.82) is 10.5 Å². The van der Waals surface area contributed by atoms with Crippen molar-refractivity contribution in [2.24, 2.45) is 0 Å². The number of carbonyl (C=O) groups excluding carboxylic acids is 1. The Hall–Kier alpha value is -3.20. The summed E-state index contributed by atoms with van der Waals surface area (Å²) in [6.07, 6.45) is 1.05. The number of rotatable bonds is 5. The molecule has 0 aliphatic heterocycles. The first-order chi connectivity index (χ1) is 9.90. The molecule has 0 saturated heterocycles. The summed E-state index contributed by atoms with van der Waals surface area (Å²) in [6, 6.07) is 4.30. The van der Waals surface area contributed by atoms with Crippen molar-refractivity contribution in [2.45, 2.75) is 13.0 Å². The van der Waals surface area contributed by atoms with Gasteiger partial charge in [0.1, 0.15) is 18.2 Å². The summed E-state index contributed by atoms with van der Waals surface area (Å²) in [4.78, 5) is 34.9. The fraction of sp³-hybridized carbons (Fsp3) is 0.333. The Bertz CT molecular complexity index is 710. The van der Waals surface area contributed by atoms with Gasteiger partial charge in [-0.1, -0.05) is 0 Å². The molecule has 0 aromatic carbocycles. The van der Waals surface area contributed by atoms with Gasteiger partial charge in [0.05, 0.1) is 23.6 Å². The molecule has 0 aliphatic rings. The Labute approximate surface area is 119 Å². The number of carbonyl (C=O) groups is 1. The molecule has 9 heteroatoms. The van der Waals surface area contributed by atoms with Crippen LogP contribution < -0.4 is 5.56 Å². The van der Waals surface area contributed by atoms with E-state index < -0.39 is 34.2 Å². The topological polar surface area (TPSA) is 133 Å². The van der Waals surface area contributed by atoms with E-state index in [1.807, 2.05) is 6.07 Å².